The molecule has 5 aromatic rings. The summed E-state index contributed by atoms with van der Waals surface area (Å²) in [7, 11) is -7.37. The molecule has 0 aliphatic rings. The molecule has 2 aromatic heterocycles. The summed E-state index contributed by atoms with van der Waals surface area (Å²) in [4.78, 5) is 12.6. The molecule has 3 aromatic carbocycles. The molecule has 0 saturated heterocycles. The monoisotopic (exact) mass is 587 g/mol. The Morgan fingerprint density at radius 2 is 1.49 bits per heavy atom. The van der Waals surface area contributed by atoms with E-state index in [0.29, 0.717) is 33.8 Å². The zero-order chi connectivity index (χ0) is 28.5. The fraction of sp³-hybridized carbons (Fsp3) is 0.154. The molecule has 0 atom stereocenters. The summed E-state index contributed by atoms with van der Waals surface area (Å²) < 4.78 is 53.0. The van der Waals surface area contributed by atoms with E-state index in [0.717, 1.165) is 26.4 Å². The minimum absolute atomic E-state index is 0.0620. The SMILES string of the molecule is CC(C)S(=O)(=O)n1c(N)nc2ccc(-c3nc(-c4ccc(Cl)cc4)[nH]c3-c3ccccc3)cc21.CS(=O)(=O)O. The van der Waals surface area contributed by atoms with Crippen LogP contribution in [0.15, 0.2) is 72.8 Å². The number of halogens is 1. The number of hydrogen-bond acceptors (Lipinski definition) is 7. The fourth-order valence-electron chi connectivity index (χ4n) is 3.84. The van der Waals surface area contributed by atoms with Gasteiger partial charge < -0.3 is 10.7 Å². The second-order valence-corrected chi connectivity index (χ2v) is 13.2. The lowest BCUT2D eigenvalue weighted by molar-refractivity contribution is 0.490. The summed E-state index contributed by atoms with van der Waals surface area (Å²) in [6.45, 7) is 3.23. The predicted molar refractivity (Wildman–Crippen MR) is 155 cm³/mol. The van der Waals surface area contributed by atoms with Crippen molar-refractivity contribution in [2.75, 3.05) is 12.0 Å². The minimum atomic E-state index is -3.71. The Labute approximate surface area is 231 Å². The Morgan fingerprint density at radius 1 is 0.897 bits per heavy atom. The van der Waals surface area contributed by atoms with Crippen molar-refractivity contribution >= 4 is 48.7 Å². The van der Waals surface area contributed by atoms with Gasteiger partial charge in [-0.15, -0.1) is 0 Å². The summed E-state index contributed by atoms with van der Waals surface area (Å²) in [6, 6.07) is 22.7. The molecular weight excluding hydrogens is 562 g/mol. The smallest absolute Gasteiger partial charge is 0.261 e. The third-order valence-corrected chi connectivity index (χ3v) is 7.98. The van der Waals surface area contributed by atoms with Crippen LogP contribution >= 0.6 is 11.6 Å². The van der Waals surface area contributed by atoms with Crippen LogP contribution in [0.3, 0.4) is 0 Å². The number of benzene rings is 3. The first-order valence-corrected chi connectivity index (χ1v) is 15.3. The number of nitrogens with one attached hydrogen (secondary N) is 1. The number of hydrogen-bond donors (Lipinski definition) is 3. The van der Waals surface area contributed by atoms with Crippen molar-refractivity contribution in [3.63, 3.8) is 0 Å². The number of nitrogens with two attached hydrogens (primary N) is 1. The highest BCUT2D eigenvalue weighted by molar-refractivity contribution is 7.90. The predicted octanol–water partition coefficient (Wildman–Crippen LogP) is 5.09. The normalized spacial score (nSPS) is 11.9. The lowest BCUT2D eigenvalue weighted by Gasteiger charge is -2.11. The van der Waals surface area contributed by atoms with E-state index in [1.165, 1.54) is 0 Å². The van der Waals surface area contributed by atoms with Gasteiger partial charge >= 0.3 is 0 Å². The molecule has 4 N–H and O–H groups in total. The summed E-state index contributed by atoms with van der Waals surface area (Å²) in [5.74, 6) is 0.612. The van der Waals surface area contributed by atoms with Gasteiger partial charge in [-0.25, -0.2) is 22.4 Å². The summed E-state index contributed by atoms with van der Waals surface area (Å²) in [5.41, 5.74) is 11.0. The van der Waals surface area contributed by atoms with Crippen LogP contribution < -0.4 is 5.73 Å². The highest BCUT2D eigenvalue weighted by atomic mass is 35.5. The van der Waals surface area contributed by atoms with Gasteiger partial charge in [-0.2, -0.15) is 8.42 Å². The van der Waals surface area contributed by atoms with Gasteiger partial charge in [-0.3, -0.25) is 4.55 Å². The van der Waals surface area contributed by atoms with Gasteiger partial charge in [-0.05, 0) is 50.2 Å². The lowest BCUT2D eigenvalue weighted by atomic mass is 10.0. The van der Waals surface area contributed by atoms with Crippen molar-refractivity contribution in [2.24, 2.45) is 0 Å². The first-order chi connectivity index (χ1) is 18.3. The number of H-pyrrole nitrogens is 1. The third kappa shape index (κ3) is 6.31. The Balaban J connectivity index is 0.000000648. The van der Waals surface area contributed by atoms with Crippen LogP contribution in [0, 0.1) is 0 Å². The molecule has 0 radical (unpaired) electrons. The van der Waals surface area contributed by atoms with Gasteiger partial charge in [0.15, 0.2) is 0 Å². The molecule has 0 fully saturated rings. The molecule has 0 unspecified atom stereocenters. The molecule has 5 rings (SSSR count). The number of aromatic nitrogens is 4. The van der Waals surface area contributed by atoms with E-state index >= 15 is 0 Å². The fourth-order valence-corrected chi connectivity index (χ4v) is 5.11. The summed E-state index contributed by atoms with van der Waals surface area (Å²) >= 11 is 6.06. The Bertz CT molecular complexity index is 1840. The molecule has 0 saturated carbocycles. The average molecular weight is 588 g/mol. The number of aromatic amines is 1. The first-order valence-electron chi connectivity index (χ1n) is 11.6. The largest absolute Gasteiger partial charge is 0.368 e. The second-order valence-electron chi connectivity index (χ2n) is 8.95. The molecule has 0 aliphatic carbocycles. The number of anilines is 1. The number of rotatable bonds is 5. The molecule has 39 heavy (non-hydrogen) atoms. The number of nitrogen functional groups attached to an aromatic ring is 1. The van der Waals surface area contributed by atoms with Crippen molar-refractivity contribution in [2.45, 2.75) is 19.1 Å². The zero-order valence-electron chi connectivity index (χ0n) is 21.2. The van der Waals surface area contributed by atoms with Gasteiger partial charge in [-0.1, -0.05) is 48.0 Å². The van der Waals surface area contributed by atoms with E-state index in [4.69, 9.17) is 26.9 Å². The van der Waals surface area contributed by atoms with E-state index in [-0.39, 0.29) is 5.95 Å². The van der Waals surface area contributed by atoms with E-state index in [2.05, 4.69) is 9.97 Å². The standard InChI is InChI=1S/C25H22ClN5O2S.CH4O3S/c1-15(2)34(32,33)31-21-14-18(10-13-20(21)28-25(31)27)23-22(16-6-4-3-5-7-16)29-24(30-23)17-8-11-19(26)12-9-17;1-5(2,3)4/h3-15H,1-2H3,(H2,27,28)(H,29,30);1H3,(H,2,3,4). The Morgan fingerprint density at radius 3 is 2.08 bits per heavy atom. The van der Waals surface area contributed by atoms with Crippen molar-refractivity contribution in [3.05, 3.63) is 77.8 Å². The Kier molecular flexibility index (Phi) is 7.84. The van der Waals surface area contributed by atoms with Crippen molar-refractivity contribution in [3.8, 4) is 33.9 Å². The van der Waals surface area contributed by atoms with Gasteiger partial charge in [0.1, 0.15) is 5.82 Å². The van der Waals surface area contributed by atoms with Crippen molar-refractivity contribution < 1.29 is 21.4 Å². The van der Waals surface area contributed by atoms with Crippen LogP contribution in [-0.4, -0.2) is 51.8 Å². The lowest BCUT2D eigenvalue weighted by Crippen LogP contribution is -2.23. The third-order valence-electron chi connectivity index (χ3n) is 5.64. The van der Waals surface area contributed by atoms with E-state index in [1.54, 1.807) is 26.0 Å². The zero-order valence-corrected chi connectivity index (χ0v) is 23.6. The van der Waals surface area contributed by atoms with Crippen LogP contribution in [0.25, 0.3) is 44.9 Å². The molecule has 10 nitrogen and oxygen atoms in total. The molecular formula is C26H26ClN5O5S2. The van der Waals surface area contributed by atoms with Crippen LogP contribution in [0.2, 0.25) is 5.02 Å². The molecule has 204 valence electrons. The molecule has 13 heteroatoms. The maximum absolute atomic E-state index is 13.0. The van der Waals surface area contributed by atoms with Crippen LogP contribution in [-0.2, 0) is 20.1 Å². The number of fused-ring (bicyclic) bond motifs is 1. The van der Waals surface area contributed by atoms with Crippen LogP contribution in [0.4, 0.5) is 5.95 Å². The number of nitrogens with zero attached hydrogens (tertiary/aromatic N) is 3. The molecule has 0 bridgehead atoms. The molecule has 2 heterocycles. The van der Waals surface area contributed by atoms with Crippen LogP contribution in [0.1, 0.15) is 13.8 Å². The van der Waals surface area contributed by atoms with Gasteiger partial charge in [0, 0.05) is 21.7 Å². The minimum Gasteiger partial charge on any atom is -0.368 e. The maximum atomic E-state index is 13.0. The highest BCUT2D eigenvalue weighted by Crippen LogP contribution is 2.35. The van der Waals surface area contributed by atoms with Crippen molar-refractivity contribution in [1.82, 2.24) is 18.9 Å². The second kappa shape index (κ2) is 10.8. The summed E-state index contributed by atoms with van der Waals surface area (Å²) in [6.07, 6.45) is 0.715. The molecule has 0 spiro atoms. The van der Waals surface area contributed by atoms with Gasteiger partial charge in [0.2, 0.25) is 16.0 Å². The first kappa shape index (κ1) is 28.3. The average Bonchev–Trinajstić information content (AvgIpc) is 3.44. The van der Waals surface area contributed by atoms with Gasteiger partial charge in [0.25, 0.3) is 10.1 Å². The van der Waals surface area contributed by atoms with Gasteiger partial charge in [0.05, 0.1) is 33.9 Å². The molecule has 0 amide bonds. The summed E-state index contributed by atoms with van der Waals surface area (Å²) in [5, 5.41) is -0.0147. The molecule has 0 aliphatic heterocycles. The van der Waals surface area contributed by atoms with E-state index < -0.39 is 25.4 Å². The van der Waals surface area contributed by atoms with Crippen LogP contribution in [0.5, 0.6) is 0 Å². The Hall–Kier alpha value is -3.71. The van der Waals surface area contributed by atoms with E-state index in [1.807, 2.05) is 60.7 Å². The maximum Gasteiger partial charge on any atom is 0.261 e. The van der Waals surface area contributed by atoms with E-state index in [9.17, 15) is 16.8 Å². The quantitative estimate of drug-likeness (QED) is 0.240. The van der Waals surface area contributed by atoms with Crippen molar-refractivity contribution in [1.29, 1.82) is 0 Å². The highest BCUT2D eigenvalue weighted by Gasteiger charge is 2.25. The number of imidazole rings is 2. The topological polar surface area (TPSA) is 161 Å².